The standard InChI is InChI=1S/C29H31N3O5/c1-5-19(2)30-27(33)22-13-11-21(12-14-22)18-32-28(34)23-15-25(36-3)26(37-4)16-24(23)31(29(32)35)17-20-9-7-6-8-10-20/h6-16,19H,5,17-18H2,1-4H3,(H,30,33). The summed E-state index contributed by atoms with van der Waals surface area (Å²) in [5.74, 6) is 0.676. The van der Waals surface area contributed by atoms with E-state index in [2.05, 4.69) is 5.32 Å². The number of fused-ring (bicyclic) bond motifs is 1. The summed E-state index contributed by atoms with van der Waals surface area (Å²) in [6.45, 7) is 4.29. The topological polar surface area (TPSA) is 91.6 Å². The van der Waals surface area contributed by atoms with Gasteiger partial charge >= 0.3 is 5.69 Å². The number of aromatic nitrogens is 2. The van der Waals surface area contributed by atoms with Gasteiger partial charge in [0.25, 0.3) is 11.5 Å². The lowest BCUT2D eigenvalue weighted by Gasteiger charge is -2.17. The van der Waals surface area contributed by atoms with E-state index in [1.165, 1.54) is 18.8 Å². The Morgan fingerprint density at radius 1 is 0.865 bits per heavy atom. The summed E-state index contributed by atoms with van der Waals surface area (Å²) in [5, 5.41) is 3.28. The highest BCUT2D eigenvalue weighted by atomic mass is 16.5. The molecule has 4 aromatic rings. The average molecular weight is 502 g/mol. The van der Waals surface area contributed by atoms with Crippen molar-refractivity contribution < 1.29 is 14.3 Å². The largest absolute Gasteiger partial charge is 0.493 e. The normalized spacial score (nSPS) is 11.8. The van der Waals surface area contributed by atoms with Crippen molar-refractivity contribution in [2.24, 2.45) is 0 Å². The fraction of sp³-hybridized carbons (Fsp3) is 0.276. The Balaban J connectivity index is 1.80. The van der Waals surface area contributed by atoms with E-state index >= 15 is 0 Å². The number of nitrogens with zero attached hydrogens (tertiary/aromatic N) is 2. The van der Waals surface area contributed by atoms with Crippen molar-refractivity contribution in [3.8, 4) is 11.5 Å². The van der Waals surface area contributed by atoms with Gasteiger partial charge in [-0.05, 0) is 42.7 Å². The maximum Gasteiger partial charge on any atom is 0.332 e. The summed E-state index contributed by atoms with van der Waals surface area (Å²) in [6.07, 6.45) is 0.834. The van der Waals surface area contributed by atoms with Crippen molar-refractivity contribution in [2.75, 3.05) is 14.2 Å². The van der Waals surface area contributed by atoms with E-state index in [-0.39, 0.29) is 25.0 Å². The number of carbonyl (C=O) groups excluding carboxylic acids is 1. The Bertz CT molecular complexity index is 1520. The average Bonchev–Trinajstić information content (AvgIpc) is 2.93. The lowest BCUT2D eigenvalue weighted by atomic mass is 10.1. The van der Waals surface area contributed by atoms with Crippen molar-refractivity contribution in [2.45, 2.75) is 39.4 Å². The van der Waals surface area contributed by atoms with Crippen LogP contribution < -0.4 is 26.0 Å². The van der Waals surface area contributed by atoms with Crippen LogP contribution in [-0.2, 0) is 13.1 Å². The van der Waals surface area contributed by atoms with Gasteiger partial charge in [0, 0.05) is 17.7 Å². The number of methoxy groups -OCH3 is 2. The first-order valence-corrected chi connectivity index (χ1v) is 12.2. The molecule has 0 bridgehead atoms. The van der Waals surface area contributed by atoms with E-state index in [9.17, 15) is 14.4 Å². The quantitative estimate of drug-likeness (QED) is 0.377. The van der Waals surface area contributed by atoms with Crippen LogP contribution in [0.25, 0.3) is 10.9 Å². The molecule has 8 heteroatoms. The van der Waals surface area contributed by atoms with Crippen molar-refractivity contribution in [1.82, 2.24) is 14.5 Å². The monoisotopic (exact) mass is 501 g/mol. The molecule has 1 aromatic heterocycles. The third-order valence-corrected chi connectivity index (χ3v) is 6.46. The van der Waals surface area contributed by atoms with Gasteiger partial charge in [-0.2, -0.15) is 0 Å². The lowest BCUT2D eigenvalue weighted by molar-refractivity contribution is 0.0939. The maximum absolute atomic E-state index is 13.7. The molecule has 1 heterocycles. The Hall–Kier alpha value is -4.33. The van der Waals surface area contributed by atoms with Crippen LogP contribution in [0.4, 0.5) is 0 Å². The summed E-state index contributed by atoms with van der Waals surface area (Å²) in [6, 6.07) is 19.8. The molecule has 1 unspecified atom stereocenters. The summed E-state index contributed by atoms with van der Waals surface area (Å²) in [4.78, 5) is 39.7. The first-order chi connectivity index (χ1) is 17.9. The molecule has 37 heavy (non-hydrogen) atoms. The molecular formula is C29H31N3O5. The molecular weight excluding hydrogens is 470 g/mol. The van der Waals surface area contributed by atoms with E-state index in [0.29, 0.717) is 28.0 Å². The third-order valence-electron chi connectivity index (χ3n) is 6.46. The van der Waals surface area contributed by atoms with Crippen molar-refractivity contribution in [1.29, 1.82) is 0 Å². The molecule has 0 aliphatic carbocycles. The highest BCUT2D eigenvalue weighted by Gasteiger charge is 2.18. The SMILES string of the molecule is CCC(C)NC(=O)c1ccc(Cn2c(=O)c3cc(OC)c(OC)cc3n(Cc3ccccc3)c2=O)cc1. The first kappa shape index (κ1) is 25.8. The van der Waals surface area contributed by atoms with Gasteiger partial charge < -0.3 is 14.8 Å². The molecule has 0 spiro atoms. The highest BCUT2D eigenvalue weighted by molar-refractivity contribution is 5.94. The Morgan fingerprint density at radius 2 is 1.46 bits per heavy atom. The van der Waals surface area contributed by atoms with Gasteiger partial charge in [-0.15, -0.1) is 0 Å². The second-order valence-electron chi connectivity index (χ2n) is 8.95. The van der Waals surface area contributed by atoms with E-state index in [0.717, 1.165) is 17.5 Å². The molecule has 3 aromatic carbocycles. The van der Waals surface area contributed by atoms with E-state index < -0.39 is 11.2 Å². The number of ether oxygens (including phenoxy) is 2. The maximum atomic E-state index is 13.7. The molecule has 1 N–H and O–H groups in total. The van der Waals surface area contributed by atoms with Gasteiger partial charge in [-0.1, -0.05) is 49.4 Å². The number of benzene rings is 3. The molecule has 0 aliphatic heterocycles. The van der Waals surface area contributed by atoms with E-state index in [4.69, 9.17) is 9.47 Å². The zero-order valence-corrected chi connectivity index (χ0v) is 21.5. The summed E-state index contributed by atoms with van der Waals surface area (Å²) >= 11 is 0. The zero-order valence-electron chi connectivity index (χ0n) is 21.5. The van der Waals surface area contributed by atoms with Gasteiger partial charge in [0.15, 0.2) is 11.5 Å². The Morgan fingerprint density at radius 3 is 2.08 bits per heavy atom. The van der Waals surface area contributed by atoms with Crippen LogP contribution in [0.15, 0.2) is 76.3 Å². The second-order valence-corrected chi connectivity index (χ2v) is 8.95. The minimum absolute atomic E-state index is 0.0595. The second kappa shape index (κ2) is 11.2. The van der Waals surface area contributed by atoms with Crippen LogP contribution in [0.3, 0.4) is 0 Å². The smallest absolute Gasteiger partial charge is 0.332 e. The fourth-order valence-corrected chi connectivity index (χ4v) is 4.16. The molecule has 8 nitrogen and oxygen atoms in total. The van der Waals surface area contributed by atoms with Crippen molar-refractivity contribution in [3.05, 3.63) is 104 Å². The molecule has 0 fully saturated rings. The molecule has 1 amide bonds. The summed E-state index contributed by atoms with van der Waals surface area (Å²) in [5.41, 5.74) is 1.77. The van der Waals surface area contributed by atoms with Crippen molar-refractivity contribution >= 4 is 16.8 Å². The van der Waals surface area contributed by atoms with Crippen LogP contribution >= 0.6 is 0 Å². The van der Waals surface area contributed by atoms with Crippen LogP contribution in [0.2, 0.25) is 0 Å². The molecule has 1 atom stereocenters. The number of hydrogen-bond acceptors (Lipinski definition) is 5. The minimum Gasteiger partial charge on any atom is -0.493 e. The number of rotatable bonds is 9. The summed E-state index contributed by atoms with van der Waals surface area (Å²) < 4.78 is 13.6. The number of carbonyl (C=O) groups is 1. The minimum atomic E-state index is -0.438. The van der Waals surface area contributed by atoms with E-state index in [1.807, 2.05) is 44.2 Å². The van der Waals surface area contributed by atoms with Crippen LogP contribution in [0.1, 0.15) is 41.8 Å². The van der Waals surface area contributed by atoms with Crippen molar-refractivity contribution in [3.63, 3.8) is 0 Å². The lowest BCUT2D eigenvalue weighted by Crippen LogP contribution is -2.40. The molecule has 0 saturated carbocycles. The van der Waals surface area contributed by atoms with Crippen LogP contribution in [0.5, 0.6) is 11.5 Å². The predicted octanol–water partition coefficient (Wildman–Crippen LogP) is 3.81. The molecule has 0 radical (unpaired) electrons. The molecule has 4 rings (SSSR count). The number of hydrogen-bond donors (Lipinski definition) is 1. The zero-order chi connectivity index (χ0) is 26.5. The van der Waals surface area contributed by atoms with Gasteiger partial charge in [0.2, 0.25) is 0 Å². The van der Waals surface area contributed by atoms with Crippen LogP contribution in [0, 0.1) is 0 Å². The predicted molar refractivity (Wildman–Crippen MR) is 144 cm³/mol. The Labute approximate surface area is 215 Å². The first-order valence-electron chi connectivity index (χ1n) is 12.2. The highest BCUT2D eigenvalue weighted by Crippen LogP contribution is 2.30. The van der Waals surface area contributed by atoms with Gasteiger partial charge in [-0.25, -0.2) is 4.79 Å². The molecule has 0 aliphatic rings. The molecule has 0 saturated heterocycles. The number of amides is 1. The number of nitrogens with one attached hydrogen (secondary N) is 1. The fourth-order valence-electron chi connectivity index (χ4n) is 4.16. The molecule has 192 valence electrons. The van der Waals surface area contributed by atoms with Gasteiger partial charge in [0.05, 0.1) is 38.2 Å². The third kappa shape index (κ3) is 5.43. The van der Waals surface area contributed by atoms with Gasteiger partial charge in [0.1, 0.15) is 0 Å². The Kier molecular flexibility index (Phi) is 7.77. The van der Waals surface area contributed by atoms with Crippen LogP contribution in [-0.4, -0.2) is 35.3 Å². The summed E-state index contributed by atoms with van der Waals surface area (Å²) in [7, 11) is 3.01. The van der Waals surface area contributed by atoms with Gasteiger partial charge in [-0.3, -0.25) is 18.7 Å². The van der Waals surface area contributed by atoms with E-state index in [1.54, 1.807) is 41.0 Å².